The molecule has 0 aliphatic heterocycles. The maximum atomic E-state index is 4.29. The molecule has 2 rings (SSSR count). The summed E-state index contributed by atoms with van der Waals surface area (Å²) in [6, 6.07) is 0.724. The van der Waals surface area contributed by atoms with Gasteiger partial charge in [0.25, 0.3) is 0 Å². The standard InChI is InChI=1S/C9H14BrN3S/c10-5-2-6-13(8-3-1-4-8)9-11-7-12-14-9/h7-8H,1-6H2. The van der Waals surface area contributed by atoms with E-state index in [9.17, 15) is 0 Å². The Kier molecular flexibility index (Phi) is 3.75. The summed E-state index contributed by atoms with van der Waals surface area (Å²) >= 11 is 4.98. The first kappa shape index (κ1) is 10.4. The molecule has 1 aliphatic carbocycles. The van der Waals surface area contributed by atoms with Crippen LogP contribution in [-0.4, -0.2) is 27.3 Å². The van der Waals surface area contributed by atoms with Crippen LogP contribution in [0.2, 0.25) is 0 Å². The Morgan fingerprint density at radius 1 is 1.57 bits per heavy atom. The van der Waals surface area contributed by atoms with E-state index >= 15 is 0 Å². The van der Waals surface area contributed by atoms with Gasteiger partial charge in [0, 0.05) is 29.4 Å². The second-order valence-electron chi connectivity index (χ2n) is 3.54. The molecule has 0 aromatic carbocycles. The van der Waals surface area contributed by atoms with E-state index in [-0.39, 0.29) is 0 Å². The van der Waals surface area contributed by atoms with Crippen molar-refractivity contribution < 1.29 is 0 Å². The Morgan fingerprint density at radius 3 is 2.93 bits per heavy atom. The zero-order valence-electron chi connectivity index (χ0n) is 8.03. The summed E-state index contributed by atoms with van der Waals surface area (Å²) < 4.78 is 4.07. The largest absolute Gasteiger partial charge is 0.344 e. The topological polar surface area (TPSA) is 29.0 Å². The summed E-state index contributed by atoms with van der Waals surface area (Å²) in [6.45, 7) is 1.10. The van der Waals surface area contributed by atoms with E-state index < -0.39 is 0 Å². The molecule has 0 amide bonds. The van der Waals surface area contributed by atoms with Crippen molar-refractivity contribution in [1.82, 2.24) is 9.36 Å². The molecule has 5 heteroatoms. The summed E-state index contributed by atoms with van der Waals surface area (Å²) in [5.41, 5.74) is 0. The summed E-state index contributed by atoms with van der Waals surface area (Å²) in [7, 11) is 0. The third-order valence-electron chi connectivity index (χ3n) is 2.64. The predicted molar refractivity (Wildman–Crippen MR) is 63.3 cm³/mol. The zero-order valence-corrected chi connectivity index (χ0v) is 10.4. The van der Waals surface area contributed by atoms with Gasteiger partial charge >= 0.3 is 0 Å². The van der Waals surface area contributed by atoms with E-state index in [1.807, 2.05) is 0 Å². The highest BCUT2D eigenvalue weighted by atomic mass is 79.9. The normalized spacial score (nSPS) is 16.6. The van der Waals surface area contributed by atoms with Gasteiger partial charge in [0.05, 0.1) is 0 Å². The summed E-state index contributed by atoms with van der Waals surface area (Å²) in [6.07, 6.45) is 6.84. The second-order valence-corrected chi connectivity index (χ2v) is 5.10. The third kappa shape index (κ3) is 2.25. The lowest BCUT2D eigenvalue weighted by Crippen LogP contribution is -2.40. The van der Waals surface area contributed by atoms with Crippen molar-refractivity contribution in [2.24, 2.45) is 0 Å². The Morgan fingerprint density at radius 2 is 2.43 bits per heavy atom. The molecule has 1 aromatic rings. The first-order chi connectivity index (χ1) is 6.92. The van der Waals surface area contributed by atoms with Crippen LogP contribution in [0.3, 0.4) is 0 Å². The number of rotatable bonds is 5. The molecule has 0 unspecified atom stereocenters. The minimum atomic E-state index is 0.724. The molecule has 0 radical (unpaired) electrons. The minimum absolute atomic E-state index is 0.724. The van der Waals surface area contributed by atoms with E-state index in [4.69, 9.17) is 0 Å². The van der Waals surface area contributed by atoms with Crippen molar-refractivity contribution in [3.63, 3.8) is 0 Å². The Hall–Kier alpha value is -0.160. The molecule has 0 N–H and O–H groups in total. The lowest BCUT2D eigenvalue weighted by Gasteiger charge is -2.37. The quantitative estimate of drug-likeness (QED) is 0.774. The number of nitrogens with zero attached hydrogens (tertiary/aromatic N) is 3. The average Bonchev–Trinajstić information content (AvgIpc) is 2.61. The monoisotopic (exact) mass is 275 g/mol. The van der Waals surface area contributed by atoms with Crippen molar-refractivity contribution in [1.29, 1.82) is 0 Å². The average molecular weight is 276 g/mol. The van der Waals surface area contributed by atoms with E-state index in [0.717, 1.165) is 23.0 Å². The number of hydrogen-bond donors (Lipinski definition) is 0. The Bertz CT molecular complexity index is 261. The van der Waals surface area contributed by atoms with Gasteiger partial charge in [-0.05, 0) is 25.7 Å². The van der Waals surface area contributed by atoms with Crippen LogP contribution >= 0.6 is 27.5 Å². The van der Waals surface area contributed by atoms with Gasteiger partial charge in [-0.1, -0.05) is 15.9 Å². The van der Waals surface area contributed by atoms with Gasteiger partial charge in [0.15, 0.2) is 0 Å². The first-order valence-electron chi connectivity index (χ1n) is 5.01. The second kappa shape index (κ2) is 5.07. The molecule has 1 aromatic heterocycles. The molecule has 1 aliphatic rings. The smallest absolute Gasteiger partial charge is 0.205 e. The van der Waals surface area contributed by atoms with E-state index in [0.29, 0.717) is 0 Å². The van der Waals surface area contributed by atoms with Crippen molar-refractivity contribution in [2.75, 3.05) is 16.8 Å². The van der Waals surface area contributed by atoms with Crippen LogP contribution in [0.5, 0.6) is 0 Å². The van der Waals surface area contributed by atoms with Crippen LogP contribution in [0.15, 0.2) is 6.33 Å². The third-order valence-corrected chi connectivity index (χ3v) is 3.91. The summed E-state index contributed by atoms with van der Waals surface area (Å²) in [4.78, 5) is 6.71. The van der Waals surface area contributed by atoms with Crippen molar-refractivity contribution in [3.8, 4) is 0 Å². The van der Waals surface area contributed by atoms with E-state index in [2.05, 4.69) is 30.2 Å². The van der Waals surface area contributed by atoms with Gasteiger partial charge in [-0.25, -0.2) is 4.98 Å². The number of halogens is 1. The van der Waals surface area contributed by atoms with Gasteiger partial charge in [-0.3, -0.25) is 0 Å². The SMILES string of the molecule is BrCCCN(c1ncns1)C1CCC1. The molecule has 0 atom stereocenters. The van der Waals surface area contributed by atoms with Gasteiger partial charge in [0.1, 0.15) is 6.33 Å². The molecule has 14 heavy (non-hydrogen) atoms. The van der Waals surface area contributed by atoms with Crippen molar-refractivity contribution in [2.45, 2.75) is 31.7 Å². The fourth-order valence-corrected chi connectivity index (χ4v) is 2.54. The highest BCUT2D eigenvalue weighted by Gasteiger charge is 2.26. The number of hydrogen-bond acceptors (Lipinski definition) is 4. The lowest BCUT2D eigenvalue weighted by molar-refractivity contribution is 0.386. The lowest BCUT2D eigenvalue weighted by atomic mass is 9.92. The highest BCUT2D eigenvalue weighted by Crippen LogP contribution is 2.29. The molecule has 1 fully saturated rings. The van der Waals surface area contributed by atoms with Gasteiger partial charge in [-0.2, -0.15) is 4.37 Å². The molecule has 3 nitrogen and oxygen atoms in total. The fourth-order valence-electron chi connectivity index (χ4n) is 1.66. The molecule has 78 valence electrons. The van der Waals surface area contributed by atoms with Crippen molar-refractivity contribution in [3.05, 3.63) is 6.33 Å². The number of anilines is 1. The first-order valence-corrected chi connectivity index (χ1v) is 6.90. The Balaban J connectivity index is 1.98. The number of alkyl halides is 1. The summed E-state index contributed by atoms with van der Waals surface area (Å²) in [5.74, 6) is 0. The molecule has 1 saturated carbocycles. The Labute approximate surface area is 96.8 Å². The van der Waals surface area contributed by atoms with Crippen LogP contribution < -0.4 is 4.90 Å². The van der Waals surface area contributed by atoms with E-state index in [1.54, 1.807) is 6.33 Å². The van der Waals surface area contributed by atoms with Crippen molar-refractivity contribution >= 4 is 32.6 Å². The minimum Gasteiger partial charge on any atom is -0.344 e. The van der Waals surface area contributed by atoms with Gasteiger partial charge < -0.3 is 4.90 Å². The van der Waals surface area contributed by atoms with E-state index in [1.165, 1.54) is 37.2 Å². The molecule has 0 bridgehead atoms. The van der Waals surface area contributed by atoms with Gasteiger partial charge in [0.2, 0.25) is 5.13 Å². The molecule has 0 spiro atoms. The molecular weight excluding hydrogens is 262 g/mol. The van der Waals surface area contributed by atoms with Crippen LogP contribution in [0.4, 0.5) is 5.13 Å². The highest BCUT2D eigenvalue weighted by molar-refractivity contribution is 9.09. The van der Waals surface area contributed by atoms with Crippen LogP contribution in [0.1, 0.15) is 25.7 Å². The molecule has 1 heterocycles. The summed E-state index contributed by atoms with van der Waals surface area (Å²) in [5, 5.41) is 2.16. The van der Waals surface area contributed by atoms with Gasteiger partial charge in [-0.15, -0.1) is 0 Å². The fraction of sp³-hybridized carbons (Fsp3) is 0.778. The maximum absolute atomic E-state index is 4.29. The molecular formula is C9H14BrN3S. The van der Waals surface area contributed by atoms with Crippen LogP contribution in [0, 0.1) is 0 Å². The van der Waals surface area contributed by atoms with Crippen LogP contribution in [0.25, 0.3) is 0 Å². The zero-order chi connectivity index (χ0) is 9.80. The maximum Gasteiger partial charge on any atom is 0.205 e. The molecule has 0 saturated heterocycles. The predicted octanol–water partition coefficient (Wildman–Crippen LogP) is 2.68. The number of aromatic nitrogens is 2. The van der Waals surface area contributed by atoms with Crippen LogP contribution in [-0.2, 0) is 0 Å².